The van der Waals surface area contributed by atoms with Gasteiger partial charge in [-0.05, 0) is 44.2 Å². The first kappa shape index (κ1) is 26.1. The summed E-state index contributed by atoms with van der Waals surface area (Å²) in [7, 11) is 1.58. The number of aromatic nitrogens is 2. The third kappa shape index (κ3) is 5.70. The number of likely N-dealkylation sites (N-methyl/N-ethyl adjacent to an activating group) is 1. The minimum atomic E-state index is -0.528. The fourth-order valence-electron chi connectivity index (χ4n) is 3.95. The standard InChI is InChI=1S/C28H27N5O5/c1-4-31(28(35)21-11-10-19(2)25(16-21)33(36)37)18-27(34)29-26-17-24(20-8-6-5-7-9-20)30-32(26)22-12-14-23(38-3)15-13-22/h5-17H,4,18H2,1-3H3,(H,29,34). The Morgan fingerprint density at radius 3 is 2.39 bits per heavy atom. The summed E-state index contributed by atoms with van der Waals surface area (Å²) in [6.07, 6.45) is 0. The molecule has 4 aromatic rings. The van der Waals surface area contributed by atoms with E-state index < -0.39 is 16.7 Å². The monoisotopic (exact) mass is 513 g/mol. The van der Waals surface area contributed by atoms with Crippen LogP contribution in [0.4, 0.5) is 11.5 Å². The Balaban J connectivity index is 1.59. The summed E-state index contributed by atoms with van der Waals surface area (Å²) in [4.78, 5) is 38.3. The van der Waals surface area contributed by atoms with Crippen molar-refractivity contribution in [3.8, 4) is 22.7 Å². The maximum Gasteiger partial charge on any atom is 0.273 e. The van der Waals surface area contributed by atoms with Gasteiger partial charge < -0.3 is 15.0 Å². The molecule has 0 saturated heterocycles. The van der Waals surface area contributed by atoms with E-state index in [9.17, 15) is 19.7 Å². The Morgan fingerprint density at radius 2 is 1.76 bits per heavy atom. The van der Waals surface area contributed by atoms with Crippen molar-refractivity contribution in [3.63, 3.8) is 0 Å². The van der Waals surface area contributed by atoms with Gasteiger partial charge in [-0.25, -0.2) is 4.68 Å². The molecule has 3 aromatic carbocycles. The van der Waals surface area contributed by atoms with Crippen molar-refractivity contribution >= 4 is 23.3 Å². The lowest BCUT2D eigenvalue weighted by Crippen LogP contribution is -2.38. The van der Waals surface area contributed by atoms with Crippen LogP contribution in [-0.4, -0.2) is 51.6 Å². The first-order valence-corrected chi connectivity index (χ1v) is 11.9. The number of nitrogens with zero attached hydrogens (tertiary/aromatic N) is 4. The molecule has 0 fully saturated rings. The van der Waals surface area contributed by atoms with Gasteiger partial charge in [0.1, 0.15) is 18.1 Å². The Bertz CT molecular complexity index is 1460. The Kier molecular flexibility index (Phi) is 7.81. The van der Waals surface area contributed by atoms with Crippen molar-refractivity contribution in [3.05, 3.63) is 100 Å². The Hall–Kier alpha value is -4.99. The molecule has 0 aliphatic rings. The van der Waals surface area contributed by atoms with Crippen molar-refractivity contribution in [2.24, 2.45) is 0 Å². The molecule has 38 heavy (non-hydrogen) atoms. The number of hydrogen-bond donors (Lipinski definition) is 1. The van der Waals surface area contributed by atoms with Crippen LogP contribution in [0.1, 0.15) is 22.8 Å². The summed E-state index contributed by atoms with van der Waals surface area (Å²) in [6.45, 7) is 3.34. The number of nitrogens with one attached hydrogen (secondary N) is 1. The summed E-state index contributed by atoms with van der Waals surface area (Å²) in [5.41, 5.74) is 2.69. The molecule has 0 unspecified atom stereocenters. The third-order valence-electron chi connectivity index (χ3n) is 6.02. The van der Waals surface area contributed by atoms with Crippen LogP contribution in [0.5, 0.6) is 5.75 Å². The highest BCUT2D eigenvalue weighted by atomic mass is 16.6. The number of anilines is 1. The van der Waals surface area contributed by atoms with Gasteiger partial charge in [-0.3, -0.25) is 19.7 Å². The molecule has 10 heteroatoms. The second kappa shape index (κ2) is 11.4. The van der Waals surface area contributed by atoms with Crippen LogP contribution in [0.3, 0.4) is 0 Å². The summed E-state index contributed by atoms with van der Waals surface area (Å²) in [5.74, 6) is 0.201. The molecule has 0 atom stereocenters. The number of nitro benzene ring substituents is 1. The van der Waals surface area contributed by atoms with Gasteiger partial charge in [0.25, 0.3) is 11.6 Å². The van der Waals surface area contributed by atoms with Gasteiger partial charge >= 0.3 is 0 Å². The van der Waals surface area contributed by atoms with E-state index >= 15 is 0 Å². The third-order valence-corrected chi connectivity index (χ3v) is 6.02. The van der Waals surface area contributed by atoms with Gasteiger partial charge in [0.2, 0.25) is 5.91 Å². The lowest BCUT2D eigenvalue weighted by molar-refractivity contribution is -0.385. The van der Waals surface area contributed by atoms with Crippen molar-refractivity contribution in [1.82, 2.24) is 14.7 Å². The van der Waals surface area contributed by atoms with Crippen LogP contribution in [-0.2, 0) is 4.79 Å². The SMILES string of the molecule is CCN(CC(=O)Nc1cc(-c2ccccc2)nn1-c1ccc(OC)cc1)C(=O)c1ccc(C)c([N+](=O)[O-])c1. The lowest BCUT2D eigenvalue weighted by Gasteiger charge is -2.20. The molecule has 0 aliphatic heterocycles. The number of hydrogen-bond acceptors (Lipinski definition) is 6. The highest BCUT2D eigenvalue weighted by molar-refractivity contribution is 5.99. The summed E-state index contributed by atoms with van der Waals surface area (Å²) in [6, 6.07) is 22.8. The number of amides is 2. The summed E-state index contributed by atoms with van der Waals surface area (Å²) in [5, 5.41) is 18.9. The number of aryl methyl sites for hydroxylation is 1. The van der Waals surface area contributed by atoms with Crippen LogP contribution < -0.4 is 10.1 Å². The minimum absolute atomic E-state index is 0.145. The van der Waals surface area contributed by atoms with Gasteiger partial charge in [0.05, 0.1) is 23.4 Å². The molecular formula is C28H27N5O5. The first-order chi connectivity index (χ1) is 18.3. The molecule has 0 saturated carbocycles. The number of rotatable bonds is 9. The van der Waals surface area contributed by atoms with Crippen molar-refractivity contribution in [2.45, 2.75) is 13.8 Å². The average Bonchev–Trinajstić information content (AvgIpc) is 3.35. The van der Waals surface area contributed by atoms with Crippen LogP contribution in [0.25, 0.3) is 16.9 Å². The quantitative estimate of drug-likeness (QED) is 0.252. The van der Waals surface area contributed by atoms with E-state index in [0.29, 0.717) is 28.5 Å². The van der Waals surface area contributed by atoms with E-state index in [0.717, 1.165) is 5.56 Å². The first-order valence-electron chi connectivity index (χ1n) is 11.9. The van der Waals surface area contributed by atoms with Crippen LogP contribution in [0, 0.1) is 17.0 Å². The maximum atomic E-state index is 13.1. The van der Waals surface area contributed by atoms with Gasteiger partial charge in [-0.1, -0.05) is 36.4 Å². The number of carbonyl (C=O) groups excluding carboxylic acids is 2. The van der Waals surface area contributed by atoms with E-state index in [4.69, 9.17) is 9.84 Å². The average molecular weight is 514 g/mol. The summed E-state index contributed by atoms with van der Waals surface area (Å²) >= 11 is 0. The molecule has 1 aromatic heterocycles. The maximum absolute atomic E-state index is 13.1. The molecule has 0 radical (unpaired) electrons. The van der Waals surface area contributed by atoms with E-state index in [2.05, 4.69) is 5.32 Å². The highest BCUT2D eigenvalue weighted by Gasteiger charge is 2.22. The highest BCUT2D eigenvalue weighted by Crippen LogP contribution is 2.26. The molecular weight excluding hydrogens is 486 g/mol. The van der Waals surface area contributed by atoms with E-state index in [-0.39, 0.29) is 24.3 Å². The predicted molar refractivity (Wildman–Crippen MR) is 144 cm³/mol. The van der Waals surface area contributed by atoms with Crippen LogP contribution >= 0.6 is 0 Å². The second-order valence-corrected chi connectivity index (χ2v) is 8.52. The fraction of sp³-hybridized carbons (Fsp3) is 0.179. The van der Waals surface area contributed by atoms with Crippen LogP contribution in [0.15, 0.2) is 78.9 Å². The molecule has 1 N–H and O–H groups in total. The summed E-state index contributed by atoms with van der Waals surface area (Å²) < 4.78 is 6.85. The Labute approximate surface area is 219 Å². The zero-order valence-corrected chi connectivity index (χ0v) is 21.2. The molecule has 0 spiro atoms. The van der Waals surface area contributed by atoms with Gasteiger partial charge in [0.15, 0.2) is 0 Å². The number of benzene rings is 3. The van der Waals surface area contributed by atoms with Gasteiger partial charge in [0, 0.05) is 35.4 Å². The smallest absolute Gasteiger partial charge is 0.273 e. The van der Waals surface area contributed by atoms with Crippen molar-refractivity contribution in [1.29, 1.82) is 0 Å². The zero-order chi connectivity index (χ0) is 27.2. The largest absolute Gasteiger partial charge is 0.497 e. The number of methoxy groups -OCH3 is 1. The minimum Gasteiger partial charge on any atom is -0.497 e. The molecule has 0 aliphatic carbocycles. The van der Waals surface area contributed by atoms with Crippen molar-refractivity contribution in [2.75, 3.05) is 25.5 Å². The topological polar surface area (TPSA) is 120 Å². The normalized spacial score (nSPS) is 10.6. The predicted octanol–water partition coefficient (Wildman–Crippen LogP) is 4.87. The molecule has 2 amide bonds. The molecule has 10 nitrogen and oxygen atoms in total. The van der Waals surface area contributed by atoms with Gasteiger partial charge in [-0.15, -0.1) is 0 Å². The fourth-order valence-corrected chi connectivity index (χ4v) is 3.95. The number of nitro groups is 1. The van der Waals surface area contributed by atoms with Crippen LogP contribution in [0.2, 0.25) is 0 Å². The molecule has 194 valence electrons. The second-order valence-electron chi connectivity index (χ2n) is 8.52. The van der Waals surface area contributed by atoms with Gasteiger partial charge in [-0.2, -0.15) is 5.10 Å². The molecule has 0 bridgehead atoms. The number of carbonyl (C=O) groups is 2. The van der Waals surface area contributed by atoms with E-state index in [1.54, 1.807) is 43.8 Å². The van der Waals surface area contributed by atoms with E-state index in [1.165, 1.54) is 23.1 Å². The van der Waals surface area contributed by atoms with E-state index in [1.807, 2.05) is 42.5 Å². The number of ether oxygens (including phenoxy) is 1. The molecule has 4 rings (SSSR count). The zero-order valence-electron chi connectivity index (χ0n) is 21.2. The lowest BCUT2D eigenvalue weighted by atomic mass is 10.1. The Morgan fingerprint density at radius 1 is 1.05 bits per heavy atom. The van der Waals surface area contributed by atoms with Crippen molar-refractivity contribution < 1.29 is 19.2 Å². The molecule has 1 heterocycles.